The molecule has 24 heavy (non-hydrogen) atoms. The maximum atomic E-state index is 12.7. The lowest BCUT2D eigenvalue weighted by Crippen LogP contribution is -2.30. The molecule has 2 aromatic rings. The van der Waals surface area contributed by atoms with Gasteiger partial charge in [0.15, 0.2) is 11.5 Å². The molecule has 2 heterocycles. The normalized spacial score (nSPS) is 15.2. The van der Waals surface area contributed by atoms with E-state index >= 15 is 0 Å². The van der Waals surface area contributed by atoms with Crippen molar-refractivity contribution in [3.8, 4) is 0 Å². The lowest BCUT2D eigenvalue weighted by molar-refractivity contribution is -0.119. The number of aryl methyl sites for hydroxylation is 2. The van der Waals surface area contributed by atoms with Gasteiger partial charge >= 0.3 is 5.56 Å². The van der Waals surface area contributed by atoms with Crippen LogP contribution in [0.25, 0.3) is 5.78 Å². The molecule has 1 amide bonds. The van der Waals surface area contributed by atoms with Crippen LogP contribution in [0, 0.1) is 5.92 Å². The summed E-state index contributed by atoms with van der Waals surface area (Å²) in [7, 11) is 0. The molecule has 0 saturated heterocycles. The van der Waals surface area contributed by atoms with Crippen molar-refractivity contribution in [1.82, 2.24) is 19.2 Å². The van der Waals surface area contributed by atoms with E-state index in [0.29, 0.717) is 24.6 Å². The predicted octanol–water partition coefficient (Wildman–Crippen LogP) is 1.57. The summed E-state index contributed by atoms with van der Waals surface area (Å²) < 4.78 is 2.99. The van der Waals surface area contributed by atoms with Gasteiger partial charge < -0.3 is 11.1 Å². The van der Waals surface area contributed by atoms with Crippen LogP contribution in [0.4, 0.5) is 11.5 Å². The number of hydrogen-bond acceptors (Lipinski definition) is 5. The van der Waals surface area contributed by atoms with Crippen molar-refractivity contribution >= 4 is 23.2 Å². The van der Waals surface area contributed by atoms with E-state index in [0.717, 1.165) is 32.1 Å². The fourth-order valence-electron chi connectivity index (χ4n) is 3.24. The summed E-state index contributed by atoms with van der Waals surface area (Å²) in [4.78, 5) is 29.6. The van der Waals surface area contributed by atoms with Crippen LogP contribution < -0.4 is 16.6 Å². The van der Waals surface area contributed by atoms with E-state index in [-0.39, 0.29) is 23.3 Å². The molecular weight excluding hydrogens is 308 g/mol. The summed E-state index contributed by atoms with van der Waals surface area (Å²) in [5.41, 5.74) is 5.89. The van der Waals surface area contributed by atoms with E-state index in [2.05, 4.69) is 15.4 Å². The number of nitrogens with two attached hydrogens (primary N) is 1. The molecule has 1 saturated carbocycles. The molecule has 130 valence electrons. The van der Waals surface area contributed by atoms with E-state index in [1.165, 1.54) is 4.52 Å². The van der Waals surface area contributed by atoms with Crippen LogP contribution in [-0.2, 0) is 17.8 Å². The Hall–Kier alpha value is -2.38. The monoisotopic (exact) mass is 332 g/mol. The van der Waals surface area contributed by atoms with Crippen molar-refractivity contribution in [2.24, 2.45) is 5.92 Å². The number of nitrogen functional groups attached to an aromatic ring is 1. The van der Waals surface area contributed by atoms with E-state index in [1.54, 1.807) is 4.57 Å². The van der Waals surface area contributed by atoms with Crippen LogP contribution in [-0.4, -0.2) is 25.1 Å². The second-order valence-electron chi connectivity index (χ2n) is 6.28. The van der Waals surface area contributed by atoms with Gasteiger partial charge in [0.1, 0.15) is 5.82 Å². The van der Waals surface area contributed by atoms with Gasteiger partial charge in [0.2, 0.25) is 11.7 Å². The number of fused-ring (bicyclic) bond motifs is 1. The predicted molar refractivity (Wildman–Crippen MR) is 91.9 cm³/mol. The second kappa shape index (κ2) is 6.62. The van der Waals surface area contributed by atoms with Gasteiger partial charge in [-0.25, -0.2) is 0 Å². The molecule has 3 rings (SSSR count). The van der Waals surface area contributed by atoms with E-state index in [1.807, 2.05) is 13.8 Å². The third-order valence-corrected chi connectivity index (χ3v) is 4.57. The number of carbonyl (C=O) groups is 1. The number of aromatic nitrogens is 4. The van der Waals surface area contributed by atoms with E-state index < -0.39 is 5.56 Å². The van der Waals surface area contributed by atoms with Gasteiger partial charge in [-0.2, -0.15) is 9.50 Å². The molecule has 1 fully saturated rings. The van der Waals surface area contributed by atoms with Crippen LogP contribution in [0.3, 0.4) is 0 Å². The highest BCUT2D eigenvalue weighted by atomic mass is 16.2. The van der Waals surface area contributed by atoms with Crippen molar-refractivity contribution in [2.45, 2.75) is 58.9 Å². The summed E-state index contributed by atoms with van der Waals surface area (Å²) in [5, 5.41) is 7.00. The first-order valence-corrected chi connectivity index (χ1v) is 8.65. The van der Waals surface area contributed by atoms with Crippen molar-refractivity contribution in [3.05, 3.63) is 16.2 Å². The molecule has 0 spiro atoms. The highest BCUT2D eigenvalue weighted by molar-refractivity contribution is 5.95. The summed E-state index contributed by atoms with van der Waals surface area (Å²) in [6, 6.07) is 0. The maximum Gasteiger partial charge on any atom is 0.301 e. The second-order valence-corrected chi connectivity index (χ2v) is 6.28. The maximum absolute atomic E-state index is 12.7. The van der Waals surface area contributed by atoms with Crippen LogP contribution in [0.2, 0.25) is 0 Å². The zero-order chi connectivity index (χ0) is 17.3. The largest absolute Gasteiger partial charge is 0.383 e. The third-order valence-electron chi connectivity index (χ3n) is 4.57. The zero-order valence-electron chi connectivity index (χ0n) is 14.2. The van der Waals surface area contributed by atoms with Gasteiger partial charge in [-0.05, 0) is 19.3 Å². The Balaban J connectivity index is 2.09. The molecule has 0 bridgehead atoms. The smallest absolute Gasteiger partial charge is 0.301 e. The quantitative estimate of drug-likeness (QED) is 0.864. The first-order valence-electron chi connectivity index (χ1n) is 8.65. The van der Waals surface area contributed by atoms with Crippen molar-refractivity contribution < 1.29 is 4.79 Å². The van der Waals surface area contributed by atoms with Gasteiger partial charge in [0.25, 0.3) is 0 Å². The minimum Gasteiger partial charge on any atom is -0.383 e. The molecule has 3 N–H and O–H groups in total. The minimum atomic E-state index is -0.423. The number of nitrogens with one attached hydrogen (secondary N) is 1. The summed E-state index contributed by atoms with van der Waals surface area (Å²) >= 11 is 0. The van der Waals surface area contributed by atoms with Crippen LogP contribution >= 0.6 is 0 Å². The standard InChI is InChI=1S/C16H24N6O2/c1-3-9-21-13(17)12(19-14(23)10-7-5-6-8-10)15(24)22-16(21)18-11(4-2)20-22/h10H,3-9,17H2,1-2H3,(H,19,23). The van der Waals surface area contributed by atoms with Gasteiger partial charge in [-0.1, -0.05) is 26.7 Å². The highest BCUT2D eigenvalue weighted by Gasteiger charge is 2.26. The number of rotatable bonds is 5. The lowest BCUT2D eigenvalue weighted by Gasteiger charge is -2.16. The Labute approximate surface area is 140 Å². The SMILES string of the molecule is CCCn1c(N)c(NC(=O)C2CCCC2)c(=O)n2nc(CC)nc12. The molecule has 0 aromatic carbocycles. The Morgan fingerprint density at radius 3 is 2.67 bits per heavy atom. The fourth-order valence-corrected chi connectivity index (χ4v) is 3.24. The fraction of sp³-hybridized carbons (Fsp3) is 0.625. The molecule has 8 nitrogen and oxygen atoms in total. The van der Waals surface area contributed by atoms with Gasteiger partial charge in [-0.3, -0.25) is 14.2 Å². The van der Waals surface area contributed by atoms with Crippen LogP contribution in [0.15, 0.2) is 4.79 Å². The Bertz CT molecular complexity index is 816. The van der Waals surface area contributed by atoms with Crippen molar-refractivity contribution in [3.63, 3.8) is 0 Å². The molecule has 0 aliphatic heterocycles. The molecule has 0 atom stereocenters. The number of anilines is 2. The first kappa shape index (κ1) is 16.5. The summed E-state index contributed by atoms with van der Waals surface area (Å²) in [6.07, 6.45) is 5.27. The van der Waals surface area contributed by atoms with E-state index in [4.69, 9.17) is 5.73 Å². The summed E-state index contributed by atoms with van der Waals surface area (Å²) in [5.74, 6) is 1.08. The van der Waals surface area contributed by atoms with Crippen LogP contribution in [0.1, 0.15) is 51.8 Å². The van der Waals surface area contributed by atoms with Gasteiger partial charge in [-0.15, -0.1) is 5.10 Å². The summed E-state index contributed by atoms with van der Waals surface area (Å²) in [6.45, 7) is 4.54. The molecule has 1 aliphatic carbocycles. The topological polar surface area (TPSA) is 107 Å². The molecule has 1 aliphatic rings. The van der Waals surface area contributed by atoms with E-state index in [9.17, 15) is 9.59 Å². The van der Waals surface area contributed by atoms with Gasteiger partial charge in [0, 0.05) is 18.9 Å². The van der Waals surface area contributed by atoms with Crippen molar-refractivity contribution in [2.75, 3.05) is 11.1 Å². The zero-order valence-corrected chi connectivity index (χ0v) is 14.2. The molecule has 0 unspecified atom stereocenters. The Kier molecular flexibility index (Phi) is 4.55. The minimum absolute atomic E-state index is 0.0407. The Morgan fingerprint density at radius 2 is 2.04 bits per heavy atom. The van der Waals surface area contributed by atoms with Gasteiger partial charge in [0.05, 0.1) is 0 Å². The molecule has 8 heteroatoms. The highest BCUT2D eigenvalue weighted by Crippen LogP contribution is 2.26. The number of carbonyl (C=O) groups excluding carboxylic acids is 1. The molecule has 0 radical (unpaired) electrons. The van der Waals surface area contributed by atoms with Crippen LogP contribution in [0.5, 0.6) is 0 Å². The number of nitrogens with zero attached hydrogens (tertiary/aromatic N) is 4. The molecule has 2 aromatic heterocycles. The van der Waals surface area contributed by atoms with Crippen molar-refractivity contribution in [1.29, 1.82) is 0 Å². The Morgan fingerprint density at radius 1 is 1.33 bits per heavy atom. The number of amides is 1. The molecular formula is C16H24N6O2. The third kappa shape index (κ3) is 2.76. The average molecular weight is 332 g/mol. The first-order chi connectivity index (χ1) is 11.6. The number of hydrogen-bond donors (Lipinski definition) is 2. The average Bonchev–Trinajstić information content (AvgIpc) is 3.24. The lowest BCUT2D eigenvalue weighted by atomic mass is 10.1.